The van der Waals surface area contributed by atoms with E-state index in [4.69, 9.17) is 11.6 Å². The van der Waals surface area contributed by atoms with Crippen LogP contribution in [0.25, 0.3) is 0 Å². The molecule has 3 rings (SSSR count). The van der Waals surface area contributed by atoms with Gasteiger partial charge in [0.1, 0.15) is 11.9 Å². The predicted molar refractivity (Wildman–Crippen MR) is 99.0 cm³/mol. The van der Waals surface area contributed by atoms with Crippen molar-refractivity contribution in [2.45, 2.75) is 29.8 Å². The summed E-state index contributed by atoms with van der Waals surface area (Å²) in [5.74, 6) is -0.293. The minimum Gasteiger partial charge on any atom is -0.362 e. The Morgan fingerprint density at radius 1 is 1.14 bits per heavy atom. The molecule has 0 aromatic heterocycles. The van der Waals surface area contributed by atoms with Crippen molar-refractivity contribution in [2.75, 3.05) is 5.75 Å². The third kappa shape index (κ3) is 3.61. The first-order valence-corrected chi connectivity index (χ1v) is 10.2. The van der Waals surface area contributed by atoms with Crippen LogP contribution in [-0.4, -0.2) is 37.0 Å². The van der Waals surface area contributed by atoms with Crippen LogP contribution in [0.5, 0.6) is 0 Å². The highest BCUT2D eigenvalue weighted by Crippen LogP contribution is 2.44. The van der Waals surface area contributed by atoms with Gasteiger partial charge in [-0.15, -0.1) is 0 Å². The fraction of sp³-hybridized carbons (Fsp3) is 0.278. The maximum Gasteiger partial charge on any atom is 0.439 e. The molecule has 0 aliphatic carbocycles. The monoisotopic (exact) mass is 432 g/mol. The third-order valence-electron chi connectivity index (χ3n) is 4.45. The van der Waals surface area contributed by atoms with Gasteiger partial charge in [0, 0.05) is 10.6 Å². The van der Waals surface area contributed by atoms with Crippen molar-refractivity contribution < 1.29 is 26.7 Å². The standard InChI is InChI=1S/C18H16ClF3N2O3S/c1-2-28(26,27)14-9-5-12(6-10-14)16-23-15(11-3-7-13(19)8-4-11)17(25,24-16)18(20,21)22/h3-10,15,25H,2H2,1H3,(H,23,24). The molecule has 0 amide bonds. The van der Waals surface area contributed by atoms with E-state index in [9.17, 15) is 26.7 Å². The van der Waals surface area contributed by atoms with E-state index in [1.807, 2.05) is 0 Å². The summed E-state index contributed by atoms with van der Waals surface area (Å²) in [4.78, 5) is 4.09. The number of nitrogens with zero attached hydrogens (tertiary/aromatic N) is 1. The van der Waals surface area contributed by atoms with E-state index in [2.05, 4.69) is 10.3 Å². The molecule has 1 heterocycles. The van der Waals surface area contributed by atoms with Gasteiger partial charge in [0.25, 0.3) is 5.72 Å². The summed E-state index contributed by atoms with van der Waals surface area (Å²) in [7, 11) is -3.44. The van der Waals surface area contributed by atoms with Crippen molar-refractivity contribution in [3.8, 4) is 0 Å². The number of amidine groups is 1. The zero-order valence-corrected chi connectivity index (χ0v) is 16.1. The molecule has 0 radical (unpaired) electrons. The van der Waals surface area contributed by atoms with E-state index >= 15 is 0 Å². The third-order valence-corrected chi connectivity index (χ3v) is 6.45. The molecule has 0 bridgehead atoms. The molecule has 2 atom stereocenters. The quantitative estimate of drug-likeness (QED) is 0.775. The van der Waals surface area contributed by atoms with Crippen molar-refractivity contribution in [3.63, 3.8) is 0 Å². The Kier molecular flexibility index (Phi) is 5.20. The van der Waals surface area contributed by atoms with Gasteiger partial charge >= 0.3 is 6.18 Å². The van der Waals surface area contributed by atoms with Crippen LogP contribution < -0.4 is 5.32 Å². The van der Waals surface area contributed by atoms with Crippen LogP contribution in [0, 0.1) is 0 Å². The first kappa shape index (κ1) is 20.6. The molecule has 1 aliphatic rings. The first-order chi connectivity index (χ1) is 13.0. The van der Waals surface area contributed by atoms with E-state index in [1.54, 1.807) is 0 Å². The average molecular weight is 433 g/mol. The number of alkyl halides is 3. The van der Waals surface area contributed by atoms with Gasteiger partial charge < -0.3 is 10.4 Å². The fourth-order valence-corrected chi connectivity index (χ4v) is 3.83. The van der Waals surface area contributed by atoms with Crippen molar-refractivity contribution >= 4 is 27.3 Å². The van der Waals surface area contributed by atoms with Crippen LogP contribution in [0.3, 0.4) is 0 Å². The highest BCUT2D eigenvalue weighted by molar-refractivity contribution is 7.91. The van der Waals surface area contributed by atoms with Crippen molar-refractivity contribution in [3.05, 3.63) is 64.7 Å². The first-order valence-electron chi connectivity index (χ1n) is 8.21. The van der Waals surface area contributed by atoms with Gasteiger partial charge in [0.05, 0.1) is 10.6 Å². The number of benzene rings is 2. The highest BCUT2D eigenvalue weighted by atomic mass is 35.5. The van der Waals surface area contributed by atoms with E-state index < -0.39 is 27.8 Å². The molecule has 10 heteroatoms. The molecule has 2 unspecified atom stereocenters. The van der Waals surface area contributed by atoms with Crippen molar-refractivity contribution in [2.24, 2.45) is 4.99 Å². The minimum absolute atomic E-state index is 0.0534. The van der Waals surface area contributed by atoms with Crippen molar-refractivity contribution in [1.29, 1.82) is 0 Å². The molecule has 1 aliphatic heterocycles. The Morgan fingerprint density at radius 2 is 1.71 bits per heavy atom. The molecule has 0 fully saturated rings. The second-order valence-electron chi connectivity index (χ2n) is 6.25. The Morgan fingerprint density at radius 3 is 2.21 bits per heavy atom. The van der Waals surface area contributed by atoms with Gasteiger partial charge in [-0.05, 0) is 42.0 Å². The molecule has 5 nitrogen and oxygen atoms in total. The Hall–Kier alpha value is -2.10. The predicted octanol–water partition coefficient (Wildman–Crippen LogP) is 3.48. The SMILES string of the molecule is CCS(=O)(=O)c1ccc(C2=NC(c3ccc(Cl)cc3)C(O)(C(F)(F)F)N2)cc1. The lowest BCUT2D eigenvalue weighted by Gasteiger charge is -2.31. The van der Waals surface area contributed by atoms with Gasteiger partial charge in [-0.1, -0.05) is 30.7 Å². The maximum atomic E-state index is 13.6. The largest absolute Gasteiger partial charge is 0.439 e. The summed E-state index contributed by atoms with van der Waals surface area (Å²) >= 11 is 5.78. The average Bonchev–Trinajstić information content (AvgIpc) is 3.01. The molecule has 2 aromatic rings. The Labute approximate surface area is 164 Å². The van der Waals surface area contributed by atoms with Gasteiger partial charge in [0.15, 0.2) is 9.84 Å². The number of hydrogen-bond donors (Lipinski definition) is 2. The van der Waals surface area contributed by atoms with Gasteiger partial charge in [-0.25, -0.2) is 8.42 Å². The molecule has 0 spiro atoms. The van der Waals surface area contributed by atoms with Crippen LogP contribution in [-0.2, 0) is 9.84 Å². The number of hydrogen-bond acceptors (Lipinski definition) is 5. The van der Waals surface area contributed by atoms with E-state index in [0.29, 0.717) is 5.02 Å². The Balaban J connectivity index is 2.02. The van der Waals surface area contributed by atoms with Gasteiger partial charge in [-0.3, -0.25) is 4.99 Å². The Bertz CT molecular complexity index is 1010. The van der Waals surface area contributed by atoms with Gasteiger partial charge in [-0.2, -0.15) is 13.2 Å². The molecule has 150 valence electrons. The molecule has 0 saturated carbocycles. The summed E-state index contributed by atoms with van der Waals surface area (Å²) < 4.78 is 64.6. The van der Waals surface area contributed by atoms with Gasteiger partial charge in [0.2, 0.25) is 0 Å². The maximum absolute atomic E-state index is 13.6. The number of sulfone groups is 1. The number of aliphatic hydroxyl groups is 1. The summed E-state index contributed by atoms with van der Waals surface area (Å²) in [6, 6.07) is 9.14. The van der Waals surface area contributed by atoms with E-state index in [-0.39, 0.29) is 27.6 Å². The molecule has 28 heavy (non-hydrogen) atoms. The second kappa shape index (κ2) is 7.06. The summed E-state index contributed by atoms with van der Waals surface area (Å²) in [5.41, 5.74) is -2.98. The van der Waals surface area contributed by atoms with Crippen LogP contribution in [0.1, 0.15) is 24.1 Å². The number of halogens is 4. The zero-order valence-electron chi connectivity index (χ0n) is 14.5. The lowest BCUT2D eigenvalue weighted by atomic mass is 9.97. The molecular weight excluding hydrogens is 417 g/mol. The molecule has 2 N–H and O–H groups in total. The lowest BCUT2D eigenvalue weighted by Crippen LogP contribution is -2.58. The van der Waals surface area contributed by atoms with E-state index in [0.717, 1.165) is 0 Å². The zero-order chi connectivity index (χ0) is 20.7. The number of aliphatic imine (C=N–C) groups is 1. The molecule has 2 aromatic carbocycles. The summed E-state index contributed by atoms with van der Waals surface area (Å²) in [6.07, 6.45) is -5.02. The van der Waals surface area contributed by atoms with Crippen LogP contribution >= 0.6 is 11.6 Å². The number of nitrogens with one attached hydrogen (secondary N) is 1. The fourth-order valence-electron chi connectivity index (χ4n) is 2.82. The topological polar surface area (TPSA) is 78.8 Å². The van der Waals surface area contributed by atoms with Crippen LogP contribution in [0.4, 0.5) is 13.2 Å². The second-order valence-corrected chi connectivity index (χ2v) is 8.96. The highest BCUT2D eigenvalue weighted by Gasteiger charge is 2.62. The summed E-state index contributed by atoms with van der Waals surface area (Å²) in [5, 5.41) is 12.8. The smallest absolute Gasteiger partial charge is 0.362 e. The van der Waals surface area contributed by atoms with Crippen LogP contribution in [0.15, 0.2) is 58.4 Å². The van der Waals surface area contributed by atoms with Crippen LogP contribution in [0.2, 0.25) is 5.02 Å². The van der Waals surface area contributed by atoms with E-state index in [1.165, 1.54) is 55.5 Å². The minimum atomic E-state index is -5.02. The number of rotatable bonds is 4. The summed E-state index contributed by atoms with van der Waals surface area (Å²) in [6.45, 7) is 1.49. The normalized spacial score (nSPS) is 22.6. The molecule has 0 saturated heterocycles. The lowest BCUT2D eigenvalue weighted by molar-refractivity contribution is -0.271. The molecular formula is C18H16ClF3N2O3S. The van der Waals surface area contributed by atoms with Crippen molar-refractivity contribution in [1.82, 2.24) is 5.32 Å².